The van der Waals surface area contributed by atoms with Gasteiger partial charge in [-0.05, 0) is 68.5 Å². The van der Waals surface area contributed by atoms with Crippen LogP contribution in [0.5, 0.6) is 5.75 Å². The highest BCUT2D eigenvalue weighted by Gasteiger charge is 2.35. The van der Waals surface area contributed by atoms with Crippen molar-refractivity contribution >= 4 is 39.1 Å². The third-order valence-corrected chi connectivity index (χ3v) is 8.74. The van der Waals surface area contributed by atoms with Gasteiger partial charge in [0.05, 0.1) is 18.9 Å². The van der Waals surface area contributed by atoms with Crippen LogP contribution in [0.4, 0.5) is 5.69 Å². The zero-order valence-electron chi connectivity index (χ0n) is 20.4. The summed E-state index contributed by atoms with van der Waals surface area (Å²) in [5.41, 5.74) is 1.51. The number of ether oxygens (including phenoxy) is 1. The van der Waals surface area contributed by atoms with Gasteiger partial charge in [0.1, 0.15) is 10.6 Å². The van der Waals surface area contributed by atoms with Crippen molar-refractivity contribution in [3.05, 3.63) is 53.1 Å². The molecule has 2 saturated heterocycles. The minimum Gasteiger partial charge on any atom is -0.492 e. The molecule has 2 aromatic carbocycles. The number of nitrogens with one attached hydrogen (secondary N) is 1. The molecule has 8 nitrogen and oxygen atoms in total. The van der Waals surface area contributed by atoms with Gasteiger partial charge in [-0.1, -0.05) is 23.7 Å². The topological polar surface area (TPSA) is 96.0 Å². The van der Waals surface area contributed by atoms with Crippen LogP contribution in [0.2, 0.25) is 5.02 Å². The minimum atomic E-state index is -3.89. The first kappa shape index (κ1) is 26.4. The molecule has 10 heteroatoms. The molecule has 0 unspecified atom stereocenters. The van der Waals surface area contributed by atoms with Crippen molar-refractivity contribution in [2.75, 3.05) is 38.1 Å². The molecule has 2 aliphatic heterocycles. The Hall–Kier alpha value is -2.62. The number of hydrogen-bond donors (Lipinski definition) is 1. The van der Waals surface area contributed by atoms with E-state index in [0.29, 0.717) is 43.1 Å². The molecule has 2 aromatic rings. The highest BCUT2D eigenvalue weighted by Crippen LogP contribution is 2.32. The van der Waals surface area contributed by atoms with Gasteiger partial charge in [-0.25, -0.2) is 8.42 Å². The van der Waals surface area contributed by atoms with Crippen LogP contribution < -0.4 is 10.1 Å². The Morgan fingerprint density at radius 3 is 2.47 bits per heavy atom. The quantitative estimate of drug-likeness (QED) is 0.554. The highest BCUT2D eigenvalue weighted by atomic mass is 35.5. The zero-order chi connectivity index (χ0) is 25.7. The van der Waals surface area contributed by atoms with Crippen molar-refractivity contribution < 1.29 is 22.7 Å². The van der Waals surface area contributed by atoms with Crippen LogP contribution in [0.15, 0.2) is 47.4 Å². The van der Waals surface area contributed by atoms with Gasteiger partial charge in [-0.2, -0.15) is 4.31 Å². The molecule has 194 valence electrons. The lowest BCUT2D eigenvalue weighted by Gasteiger charge is -2.31. The molecule has 0 spiro atoms. The SMILES string of the molecule is CCOc1ccc(Cl)cc1S(=O)(=O)N1CCC[C@@H](C(=O)Nc2ccc(CC(=O)N3CCCC3)cc2)C1. The lowest BCUT2D eigenvalue weighted by atomic mass is 9.98. The fraction of sp³-hybridized carbons (Fsp3) is 0.462. The molecule has 0 aromatic heterocycles. The van der Waals surface area contributed by atoms with E-state index in [-0.39, 0.29) is 29.0 Å². The van der Waals surface area contributed by atoms with Gasteiger partial charge < -0.3 is 15.0 Å². The summed E-state index contributed by atoms with van der Waals surface area (Å²) in [7, 11) is -3.89. The lowest BCUT2D eigenvalue weighted by Crippen LogP contribution is -2.43. The van der Waals surface area contributed by atoms with E-state index in [2.05, 4.69) is 5.32 Å². The Bertz CT molecular complexity index is 1200. The number of anilines is 1. The van der Waals surface area contributed by atoms with Crippen LogP contribution in [0.25, 0.3) is 0 Å². The summed E-state index contributed by atoms with van der Waals surface area (Å²) in [5, 5.41) is 3.20. The predicted octanol–water partition coefficient (Wildman–Crippen LogP) is 3.94. The third-order valence-electron chi connectivity index (χ3n) is 6.61. The number of carbonyl (C=O) groups excluding carboxylic acids is 2. The van der Waals surface area contributed by atoms with Gasteiger partial charge >= 0.3 is 0 Å². The highest BCUT2D eigenvalue weighted by molar-refractivity contribution is 7.89. The molecule has 2 amide bonds. The third kappa shape index (κ3) is 6.19. The summed E-state index contributed by atoms with van der Waals surface area (Å²) in [6.45, 7) is 4.15. The molecule has 4 rings (SSSR count). The average Bonchev–Trinajstić information content (AvgIpc) is 3.42. The Kier molecular flexibility index (Phi) is 8.54. The molecule has 0 aliphatic carbocycles. The Morgan fingerprint density at radius 2 is 1.78 bits per heavy atom. The number of hydrogen-bond acceptors (Lipinski definition) is 5. The van der Waals surface area contributed by atoms with E-state index in [1.807, 2.05) is 17.0 Å². The molecule has 2 heterocycles. The second-order valence-corrected chi connectivity index (χ2v) is 11.5. The van der Waals surface area contributed by atoms with Crippen molar-refractivity contribution in [3.63, 3.8) is 0 Å². The molecule has 0 bridgehead atoms. The van der Waals surface area contributed by atoms with E-state index in [9.17, 15) is 18.0 Å². The van der Waals surface area contributed by atoms with Gasteiger partial charge in [0, 0.05) is 36.9 Å². The van der Waals surface area contributed by atoms with Crippen molar-refractivity contribution in [1.29, 1.82) is 0 Å². The molecule has 1 N–H and O–H groups in total. The summed E-state index contributed by atoms with van der Waals surface area (Å²) in [6, 6.07) is 11.8. The molecule has 0 saturated carbocycles. The van der Waals surface area contributed by atoms with Crippen molar-refractivity contribution in [1.82, 2.24) is 9.21 Å². The van der Waals surface area contributed by atoms with Crippen molar-refractivity contribution in [2.24, 2.45) is 5.92 Å². The first-order valence-electron chi connectivity index (χ1n) is 12.4. The van der Waals surface area contributed by atoms with Crippen LogP contribution in [0, 0.1) is 5.92 Å². The first-order valence-corrected chi connectivity index (χ1v) is 14.2. The minimum absolute atomic E-state index is 0.0111. The largest absolute Gasteiger partial charge is 0.492 e. The molecule has 0 radical (unpaired) electrons. The van der Waals surface area contributed by atoms with Crippen LogP contribution in [-0.2, 0) is 26.0 Å². The van der Waals surface area contributed by atoms with E-state index in [0.717, 1.165) is 31.5 Å². The van der Waals surface area contributed by atoms with Gasteiger partial charge in [-0.15, -0.1) is 0 Å². The van der Waals surface area contributed by atoms with Crippen LogP contribution in [0.3, 0.4) is 0 Å². The van der Waals surface area contributed by atoms with Gasteiger partial charge in [0.25, 0.3) is 0 Å². The maximum atomic E-state index is 13.4. The fourth-order valence-electron chi connectivity index (χ4n) is 4.68. The molecule has 2 fully saturated rings. The Morgan fingerprint density at radius 1 is 1.06 bits per heavy atom. The maximum absolute atomic E-state index is 13.4. The summed E-state index contributed by atoms with van der Waals surface area (Å²) in [4.78, 5) is 27.3. The second-order valence-electron chi connectivity index (χ2n) is 9.18. The van der Waals surface area contributed by atoms with Gasteiger partial charge in [0.15, 0.2) is 0 Å². The Labute approximate surface area is 217 Å². The summed E-state index contributed by atoms with van der Waals surface area (Å²) < 4.78 is 33.7. The number of nitrogens with zero attached hydrogens (tertiary/aromatic N) is 2. The monoisotopic (exact) mass is 533 g/mol. The molecule has 1 atom stereocenters. The van der Waals surface area contributed by atoms with Crippen molar-refractivity contribution in [2.45, 2.75) is 43.9 Å². The van der Waals surface area contributed by atoms with Crippen molar-refractivity contribution in [3.8, 4) is 5.75 Å². The zero-order valence-corrected chi connectivity index (χ0v) is 22.0. The van der Waals surface area contributed by atoms with Gasteiger partial charge in [0.2, 0.25) is 21.8 Å². The summed E-state index contributed by atoms with van der Waals surface area (Å²) >= 11 is 6.08. The standard InChI is InChI=1S/C26H32ClN3O5S/c1-2-35-23-12-9-21(27)17-24(23)36(33,34)30-15-5-6-20(18-30)26(32)28-22-10-7-19(8-11-22)16-25(31)29-13-3-4-14-29/h7-12,17,20H,2-6,13-16,18H2,1H3,(H,28,32)/t20-/m1/s1. The van der Waals surface area contributed by atoms with E-state index in [4.69, 9.17) is 16.3 Å². The number of piperidine rings is 1. The molecular weight excluding hydrogens is 502 g/mol. The lowest BCUT2D eigenvalue weighted by molar-refractivity contribution is -0.129. The summed E-state index contributed by atoms with van der Waals surface area (Å²) in [6.07, 6.45) is 3.62. The number of rotatable bonds is 8. The molecule has 2 aliphatic rings. The number of halogens is 1. The number of sulfonamides is 1. The second kappa shape index (κ2) is 11.6. The van der Waals surface area contributed by atoms with E-state index in [1.165, 1.54) is 10.4 Å². The number of benzene rings is 2. The van der Waals surface area contributed by atoms with Gasteiger partial charge in [-0.3, -0.25) is 9.59 Å². The predicted molar refractivity (Wildman–Crippen MR) is 139 cm³/mol. The Balaban J connectivity index is 1.39. The van der Waals surface area contributed by atoms with E-state index < -0.39 is 15.9 Å². The smallest absolute Gasteiger partial charge is 0.246 e. The van der Waals surface area contributed by atoms with Crippen LogP contribution >= 0.6 is 11.6 Å². The van der Waals surface area contributed by atoms with E-state index >= 15 is 0 Å². The number of amides is 2. The number of likely N-dealkylation sites (tertiary alicyclic amines) is 1. The fourth-order valence-corrected chi connectivity index (χ4v) is 6.59. The van der Waals surface area contributed by atoms with Crippen LogP contribution in [0.1, 0.15) is 38.2 Å². The first-order chi connectivity index (χ1) is 17.3. The molecule has 36 heavy (non-hydrogen) atoms. The molecular formula is C26H32ClN3O5S. The van der Waals surface area contributed by atoms with Crippen LogP contribution in [-0.4, -0.2) is 62.2 Å². The summed E-state index contributed by atoms with van der Waals surface area (Å²) in [5.74, 6) is -0.344. The van der Waals surface area contributed by atoms with E-state index in [1.54, 1.807) is 31.2 Å². The normalized spacial score (nSPS) is 18.7. The average molecular weight is 534 g/mol. The number of carbonyl (C=O) groups is 2. The maximum Gasteiger partial charge on any atom is 0.246 e.